The average Bonchev–Trinajstić information content (AvgIpc) is 3.04. The Kier molecular flexibility index (Phi) is 7.73. The van der Waals surface area contributed by atoms with Gasteiger partial charge in [0, 0.05) is 30.7 Å². The van der Waals surface area contributed by atoms with Gasteiger partial charge in [-0.3, -0.25) is 0 Å². The number of pyridine rings is 1. The average molecular weight is 360 g/mol. The van der Waals surface area contributed by atoms with Gasteiger partial charge >= 0.3 is 0 Å². The van der Waals surface area contributed by atoms with Crippen molar-refractivity contribution in [3.63, 3.8) is 0 Å². The lowest BCUT2D eigenvalue weighted by Crippen LogP contribution is -2.36. The van der Waals surface area contributed by atoms with E-state index in [2.05, 4.69) is 76.8 Å². The Labute approximate surface area is 155 Å². The largest absolute Gasteiger partial charge is 0.357 e. The van der Waals surface area contributed by atoms with Crippen molar-refractivity contribution in [2.24, 2.45) is 4.99 Å². The summed E-state index contributed by atoms with van der Waals surface area (Å²) in [6.07, 6.45) is 1.92. The molecule has 0 fully saturated rings. The number of hydrogen-bond acceptors (Lipinski definition) is 4. The number of aliphatic imine (C=N–C) groups is 1. The first-order valence-corrected chi connectivity index (χ1v) is 9.80. The number of nitrogens with one attached hydrogen (secondary N) is 2. The van der Waals surface area contributed by atoms with Crippen LogP contribution in [0.4, 0.5) is 5.82 Å². The molecule has 0 saturated heterocycles. The highest BCUT2D eigenvalue weighted by atomic mass is 32.1. The first kappa shape index (κ1) is 19.2. The van der Waals surface area contributed by atoms with Crippen molar-refractivity contribution in [1.29, 1.82) is 0 Å². The Bertz CT molecular complexity index is 659. The first-order valence-electron chi connectivity index (χ1n) is 8.92. The van der Waals surface area contributed by atoms with E-state index in [9.17, 15) is 0 Å². The molecule has 2 heterocycles. The summed E-state index contributed by atoms with van der Waals surface area (Å²) in [5, 5.41) is 8.82. The topological polar surface area (TPSA) is 52.6 Å². The second-order valence-electron chi connectivity index (χ2n) is 5.77. The lowest BCUT2D eigenvalue weighted by atomic mass is 10.3. The van der Waals surface area contributed by atoms with E-state index in [4.69, 9.17) is 0 Å². The van der Waals surface area contributed by atoms with Crippen LogP contribution in [0, 0.1) is 6.92 Å². The summed E-state index contributed by atoms with van der Waals surface area (Å²) in [6.45, 7) is 12.7. The third-order valence-corrected chi connectivity index (χ3v) is 5.07. The molecular formula is C19H29N5S. The van der Waals surface area contributed by atoms with Crippen molar-refractivity contribution >= 4 is 23.1 Å². The van der Waals surface area contributed by atoms with Crippen LogP contribution in [0.25, 0.3) is 0 Å². The van der Waals surface area contributed by atoms with E-state index < -0.39 is 0 Å². The third kappa shape index (κ3) is 5.74. The third-order valence-electron chi connectivity index (χ3n) is 4.05. The van der Waals surface area contributed by atoms with E-state index >= 15 is 0 Å². The van der Waals surface area contributed by atoms with Gasteiger partial charge in [0.25, 0.3) is 0 Å². The maximum absolute atomic E-state index is 4.67. The van der Waals surface area contributed by atoms with Gasteiger partial charge < -0.3 is 15.5 Å². The Hall–Kier alpha value is -2.08. The standard InChI is InChI=1S/C19H29N5S/c1-5-20-19(23-14-17-15(4)10-11-25-17)22-13-16-8-9-18(21-12-16)24(6-2)7-3/h8-12H,5-7,13-14H2,1-4H3,(H2,20,22,23). The van der Waals surface area contributed by atoms with Crippen molar-refractivity contribution in [3.05, 3.63) is 45.8 Å². The number of hydrogen-bond donors (Lipinski definition) is 2. The zero-order valence-electron chi connectivity index (χ0n) is 15.7. The van der Waals surface area contributed by atoms with Gasteiger partial charge in [0.2, 0.25) is 0 Å². The lowest BCUT2D eigenvalue weighted by Gasteiger charge is -2.19. The maximum atomic E-state index is 4.67. The molecule has 0 aliphatic rings. The van der Waals surface area contributed by atoms with Crippen molar-refractivity contribution in [3.8, 4) is 0 Å². The van der Waals surface area contributed by atoms with Crippen LogP contribution in [-0.2, 0) is 13.1 Å². The summed E-state index contributed by atoms with van der Waals surface area (Å²) < 4.78 is 0. The molecule has 0 aromatic carbocycles. The molecule has 2 N–H and O–H groups in total. The molecule has 136 valence electrons. The Morgan fingerprint density at radius 1 is 1.16 bits per heavy atom. The van der Waals surface area contributed by atoms with Gasteiger partial charge in [-0.2, -0.15) is 0 Å². The number of thiophene rings is 1. The van der Waals surface area contributed by atoms with Gasteiger partial charge in [-0.05, 0) is 56.3 Å². The molecule has 6 heteroatoms. The molecular weight excluding hydrogens is 330 g/mol. The summed E-state index contributed by atoms with van der Waals surface area (Å²) in [4.78, 5) is 12.8. The van der Waals surface area contributed by atoms with Crippen LogP contribution in [-0.4, -0.2) is 30.6 Å². The molecule has 0 radical (unpaired) electrons. The number of guanidine groups is 1. The second-order valence-corrected chi connectivity index (χ2v) is 6.77. The van der Waals surface area contributed by atoms with E-state index in [0.717, 1.165) is 43.5 Å². The van der Waals surface area contributed by atoms with Gasteiger partial charge in [0.15, 0.2) is 5.96 Å². The smallest absolute Gasteiger partial charge is 0.191 e. The van der Waals surface area contributed by atoms with E-state index in [-0.39, 0.29) is 0 Å². The fraction of sp³-hybridized carbons (Fsp3) is 0.474. The van der Waals surface area contributed by atoms with Crippen LogP contribution in [0.3, 0.4) is 0 Å². The fourth-order valence-corrected chi connectivity index (χ4v) is 3.35. The molecule has 0 amide bonds. The zero-order chi connectivity index (χ0) is 18.1. The molecule has 2 aromatic heterocycles. The van der Waals surface area contributed by atoms with Crippen LogP contribution in [0.1, 0.15) is 36.8 Å². The van der Waals surface area contributed by atoms with Crippen LogP contribution in [0.2, 0.25) is 0 Å². The minimum Gasteiger partial charge on any atom is -0.357 e. The van der Waals surface area contributed by atoms with Gasteiger partial charge in [-0.1, -0.05) is 6.07 Å². The molecule has 0 unspecified atom stereocenters. The molecule has 0 bridgehead atoms. The predicted octanol–water partition coefficient (Wildman–Crippen LogP) is 3.55. The summed E-state index contributed by atoms with van der Waals surface area (Å²) in [5.74, 6) is 1.86. The molecule has 25 heavy (non-hydrogen) atoms. The molecule has 2 rings (SSSR count). The van der Waals surface area contributed by atoms with E-state index in [1.165, 1.54) is 10.4 Å². The van der Waals surface area contributed by atoms with Crippen LogP contribution in [0.5, 0.6) is 0 Å². The highest BCUT2D eigenvalue weighted by molar-refractivity contribution is 7.10. The van der Waals surface area contributed by atoms with Crippen molar-refractivity contribution in [1.82, 2.24) is 15.6 Å². The number of rotatable bonds is 8. The fourth-order valence-electron chi connectivity index (χ4n) is 2.51. The van der Waals surface area contributed by atoms with Gasteiger partial charge in [0.05, 0.1) is 13.1 Å². The van der Waals surface area contributed by atoms with Crippen LogP contribution >= 0.6 is 11.3 Å². The number of aromatic nitrogens is 1. The predicted molar refractivity (Wildman–Crippen MR) is 109 cm³/mol. The molecule has 0 aliphatic carbocycles. The minimum atomic E-state index is 0.615. The van der Waals surface area contributed by atoms with E-state index in [1.54, 1.807) is 11.3 Å². The summed E-state index contributed by atoms with van der Waals surface area (Å²) >= 11 is 1.77. The van der Waals surface area contributed by atoms with Gasteiger partial charge in [-0.15, -0.1) is 11.3 Å². The number of aryl methyl sites for hydroxylation is 1. The highest BCUT2D eigenvalue weighted by Crippen LogP contribution is 2.15. The molecule has 0 atom stereocenters. The van der Waals surface area contributed by atoms with Crippen molar-refractivity contribution < 1.29 is 0 Å². The number of nitrogens with zero attached hydrogens (tertiary/aromatic N) is 3. The SMILES string of the molecule is CCNC(=NCc1ccc(N(CC)CC)nc1)NCc1sccc1C. The Morgan fingerprint density at radius 3 is 2.52 bits per heavy atom. The summed E-state index contributed by atoms with van der Waals surface area (Å²) in [6, 6.07) is 6.33. The first-order chi connectivity index (χ1) is 12.2. The molecule has 2 aromatic rings. The van der Waals surface area contributed by atoms with E-state index in [0.29, 0.717) is 6.54 Å². The summed E-state index contributed by atoms with van der Waals surface area (Å²) in [5.41, 5.74) is 2.44. The monoisotopic (exact) mass is 359 g/mol. The number of anilines is 1. The minimum absolute atomic E-state index is 0.615. The Morgan fingerprint density at radius 2 is 1.96 bits per heavy atom. The van der Waals surface area contributed by atoms with Crippen LogP contribution < -0.4 is 15.5 Å². The molecule has 0 spiro atoms. The second kappa shape index (κ2) is 10.0. The van der Waals surface area contributed by atoms with Crippen LogP contribution in [0.15, 0.2) is 34.8 Å². The van der Waals surface area contributed by atoms with Crippen molar-refractivity contribution in [2.75, 3.05) is 24.5 Å². The van der Waals surface area contributed by atoms with Crippen molar-refractivity contribution in [2.45, 2.75) is 40.8 Å². The quantitative estimate of drug-likeness (QED) is 0.559. The van der Waals surface area contributed by atoms with E-state index in [1.807, 2.05) is 6.20 Å². The molecule has 0 aliphatic heterocycles. The highest BCUT2D eigenvalue weighted by Gasteiger charge is 2.04. The maximum Gasteiger partial charge on any atom is 0.191 e. The normalized spacial score (nSPS) is 11.4. The van der Waals surface area contributed by atoms with Gasteiger partial charge in [-0.25, -0.2) is 9.98 Å². The molecule has 0 saturated carbocycles. The zero-order valence-corrected chi connectivity index (χ0v) is 16.5. The Balaban J connectivity index is 1.96. The summed E-state index contributed by atoms with van der Waals surface area (Å²) in [7, 11) is 0. The van der Waals surface area contributed by atoms with Gasteiger partial charge in [0.1, 0.15) is 5.82 Å². The molecule has 5 nitrogen and oxygen atoms in total. The lowest BCUT2D eigenvalue weighted by molar-refractivity contribution is 0.818.